The number of thioether (sulfide) groups is 1. The van der Waals surface area contributed by atoms with Crippen molar-refractivity contribution in [1.82, 2.24) is 9.47 Å². The molecule has 0 atom stereocenters. The molecule has 2 saturated heterocycles. The Morgan fingerprint density at radius 1 is 1.18 bits per heavy atom. The Labute approximate surface area is 240 Å². The number of pyridine rings is 1. The van der Waals surface area contributed by atoms with Crippen LogP contribution in [0.3, 0.4) is 0 Å². The average molecular weight is 565 g/mol. The number of benzene rings is 1. The predicted octanol–water partition coefficient (Wildman–Crippen LogP) is 5.14. The first-order valence-corrected chi connectivity index (χ1v) is 14.9. The molecule has 0 unspecified atom stereocenters. The summed E-state index contributed by atoms with van der Waals surface area (Å²) in [6.45, 7) is 9.43. The van der Waals surface area contributed by atoms with Crippen molar-refractivity contribution in [2.45, 2.75) is 53.0 Å². The Balaban J connectivity index is 1.65. The zero-order valence-corrected chi connectivity index (χ0v) is 24.6. The quantitative estimate of drug-likeness (QED) is 0.225. The molecule has 3 heterocycles. The van der Waals surface area contributed by atoms with Crippen molar-refractivity contribution in [1.29, 1.82) is 5.26 Å². The number of ether oxygens (including phenoxy) is 1. The minimum atomic E-state index is -0.278. The molecule has 1 amide bonds. The van der Waals surface area contributed by atoms with Crippen molar-refractivity contribution in [3.8, 4) is 6.07 Å². The molecule has 0 saturated carbocycles. The van der Waals surface area contributed by atoms with Crippen molar-refractivity contribution >= 4 is 46.1 Å². The van der Waals surface area contributed by atoms with Crippen LogP contribution < -0.4 is 10.5 Å². The van der Waals surface area contributed by atoms with E-state index < -0.39 is 0 Å². The van der Waals surface area contributed by atoms with E-state index in [2.05, 4.69) is 35.2 Å². The fourth-order valence-corrected chi connectivity index (χ4v) is 6.66. The summed E-state index contributed by atoms with van der Waals surface area (Å²) in [7, 11) is 0. The van der Waals surface area contributed by atoms with Crippen molar-refractivity contribution in [2.75, 3.05) is 37.7 Å². The van der Waals surface area contributed by atoms with E-state index in [0.29, 0.717) is 53.4 Å². The summed E-state index contributed by atoms with van der Waals surface area (Å²) in [5.74, 6) is 1.22. The molecule has 1 aromatic heterocycles. The van der Waals surface area contributed by atoms with Crippen LogP contribution in [0.1, 0.15) is 55.4 Å². The van der Waals surface area contributed by atoms with Crippen LogP contribution in [0.4, 0.5) is 5.82 Å². The van der Waals surface area contributed by atoms with Gasteiger partial charge in [0, 0.05) is 45.0 Å². The van der Waals surface area contributed by atoms with Crippen LogP contribution in [-0.4, -0.2) is 52.5 Å². The van der Waals surface area contributed by atoms with Gasteiger partial charge in [0.15, 0.2) is 0 Å². The normalized spacial score (nSPS) is 17.3. The zero-order chi connectivity index (χ0) is 27.9. The Hall–Kier alpha value is -2.93. The van der Waals surface area contributed by atoms with Gasteiger partial charge in [0.2, 0.25) is 0 Å². The fraction of sp³-hybridized carbons (Fsp3) is 0.467. The molecule has 39 heavy (non-hydrogen) atoms. The summed E-state index contributed by atoms with van der Waals surface area (Å²) in [4.78, 5) is 31.1. The minimum Gasteiger partial charge on any atom is -0.382 e. The lowest BCUT2D eigenvalue weighted by atomic mass is 9.90. The van der Waals surface area contributed by atoms with E-state index in [-0.39, 0.29) is 17.0 Å². The number of rotatable bonds is 10. The Morgan fingerprint density at radius 3 is 2.54 bits per heavy atom. The zero-order valence-electron chi connectivity index (χ0n) is 22.9. The highest BCUT2D eigenvalue weighted by Gasteiger charge is 2.33. The largest absolute Gasteiger partial charge is 0.382 e. The molecular weight excluding hydrogens is 528 g/mol. The SMILES string of the molecule is CCOCCCN1C(=O)C(=Cc2c(C)c(C#N)c(=O)n(CC)c2N2CCC(Cc3ccccc3)CC2)SC1=S. The lowest BCUT2D eigenvalue weighted by Gasteiger charge is -2.36. The first kappa shape index (κ1) is 29.1. The van der Waals surface area contributed by atoms with Crippen molar-refractivity contribution < 1.29 is 9.53 Å². The maximum absolute atomic E-state index is 13.3. The van der Waals surface area contributed by atoms with Crippen LogP contribution in [0.2, 0.25) is 0 Å². The van der Waals surface area contributed by atoms with Gasteiger partial charge in [-0.05, 0) is 69.6 Å². The predicted molar refractivity (Wildman–Crippen MR) is 162 cm³/mol. The number of thiocarbonyl (C=S) groups is 1. The molecule has 2 aromatic rings. The topological polar surface area (TPSA) is 78.6 Å². The smallest absolute Gasteiger partial charge is 0.270 e. The van der Waals surface area contributed by atoms with Gasteiger partial charge in [-0.1, -0.05) is 54.3 Å². The van der Waals surface area contributed by atoms with E-state index >= 15 is 0 Å². The van der Waals surface area contributed by atoms with E-state index in [0.717, 1.165) is 43.7 Å². The first-order chi connectivity index (χ1) is 18.9. The molecule has 0 spiro atoms. The highest BCUT2D eigenvalue weighted by Crippen LogP contribution is 2.37. The Morgan fingerprint density at radius 2 is 1.90 bits per heavy atom. The minimum absolute atomic E-state index is 0.123. The molecule has 2 aliphatic rings. The van der Waals surface area contributed by atoms with E-state index in [1.165, 1.54) is 17.3 Å². The summed E-state index contributed by atoms with van der Waals surface area (Å²) in [5, 5.41) is 9.85. The molecule has 0 radical (unpaired) electrons. The second-order valence-corrected chi connectivity index (χ2v) is 11.6. The van der Waals surface area contributed by atoms with E-state index in [9.17, 15) is 14.9 Å². The molecule has 0 bridgehead atoms. The molecule has 2 fully saturated rings. The van der Waals surface area contributed by atoms with Crippen LogP contribution in [0.15, 0.2) is 40.0 Å². The standard InChI is InChI=1S/C30H36N4O3S2/c1-4-33-27(32-15-12-23(13-16-32)18-22-10-7-6-8-11-22)24(21(3)25(20-31)28(33)35)19-26-29(36)34(30(38)39-26)14-9-17-37-5-2/h6-8,10-11,19,23H,4-5,9,12-18H2,1-3H3. The second-order valence-electron chi connectivity index (χ2n) is 9.90. The monoisotopic (exact) mass is 564 g/mol. The fourth-order valence-electron chi connectivity index (χ4n) is 5.37. The third-order valence-electron chi connectivity index (χ3n) is 7.47. The number of aromatic nitrogens is 1. The van der Waals surface area contributed by atoms with Gasteiger partial charge in [-0.15, -0.1) is 0 Å². The van der Waals surface area contributed by atoms with Crippen LogP contribution in [0.25, 0.3) is 6.08 Å². The molecule has 2 aliphatic heterocycles. The summed E-state index contributed by atoms with van der Waals surface area (Å²) < 4.78 is 7.63. The highest BCUT2D eigenvalue weighted by atomic mass is 32.2. The van der Waals surface area contributed by atoms with Crippen molar-refractivity contribution in [3.63, 3.8) is 0 Å². The highest BCUT2D eigenvalue weighted by molar-refractivity contribution is 8.26. The third kappa shape index (κ3) is 6.46. The number of carbonyl (C=O) groups is 1. The summed E-state index contributed by atoms with van der Waals surface area (Å²) >= 11 is 6.81. The number of hydrogen-bond donors (Lipinski definition) is 0. The molecule has 4 rings (SSSR count). The molecule has 1 aromatic carbocycles. The first-order valence-electron chi connectivity index (χ1n) is 13.7. The number of nitriles is 1. The van der Waals surface area contributed by atoms with E-state index in [4.69, 9.17) is 17.0 Å². The molecule has 206 valence electrons. The van der Waals surface area contributed by atoms with Gasteiger partial charge in [0.1, 0.15) is 21.8 Å². The number of anilines is 1. The van der Waals surface area contributed by atoms with Crippen LogP contribution >= 0.6 is 24.0 Å². The number of piperidine rings is 1. The molecule has 9 heteroatoms. The van der Waals surface area contributed by atoms with Gasteiger partial charge in [0.25, 0.3) is 11.5 Å². The Kier molecular flexibility index (Phi) is 10.0. The molecule has 0 N–H and O–H groups in total. The van der Waals surface area contributed by atoms with Gasteiger partial charge in [0.05, 0.1) is 4.91 Å². The number of nitrogens with zero attached hydrogens (tertiary/aromatic N) is 4. The van der Waals surface area contributed by atoms with Crippen LogP contribution in [0.5, 0.6) is 0 Å². The number of amides is 1. The van der Waals surface area contributed by atoms with Crippen molar-refractivity contribution in [3.05, 3.63) is 67.8 Å². The summed E-state index contributed by atoms with van der Waals surface area (Å²) in [5.41, 5.74) is 2.55. The molecular formula is C30H36N4O3S2. The maximum Gasteiger partial charge on any atom is 0.270 e. The number of hydrogen-bond acceptors (Lipinski definition) is 7. The molecule has 0 aliphatic carbocycles. The van der Waals surface area contributed by atoms with Crippen LogP contribution in [-0.2, 0) is 22.5 Å². The van der Waals surface area contributed by atoms with E-state index in [1.54, 1.807) is 16.4 Å². The summed E-state index contributed by atoms with van der Waals surface area (Å²) in [6, 6.07) is 12.7. The summed E-state index contributed by atoms with van der Waals surface area (Å²) in [6.07, 6.45) is 5.60. The van der Waals surface area contributed by atoms with Crippen LogP contribution in [0, 0.1) is 24.2 Å². The van der Waals surface area contributed by atoms with Gasteiger partial charge in [-0.2, -0.15) is 5.26 Å². The number of carbonyl (C=O) groups excluding carboxylic acids is 1. The Bertz CT molecular complexity index is 1340. The average Bonchev–Trinajstić information content (AvgIpc) is 3.21. The van der Waals surface area contributed by atoms with Gasteiger partial charge in [-0.25, -0.2) is 0 Å². The van der Waals surface area contributed by atoms with E-state index in [1.807, 2.05) is 26.0 Å². The van der Waals surface area contributed by atoms with Crippen molar-refractivity contribution in [2.24, 2.45) is 5.92 Å². The third-order valence-corrected chi connectivity index (χ3v) is 8.85. The second kappa shape index (κ2) is 13.4. The maximum atomic E-state index is 13.3. The molecule has 7 nitrogen and oxygen atoms in total. The van der Waals surface area contributed by atoms with Gasteiger partial charge >= 0.3 is 0 Å². The lowest BCUT2D eigenvalue weighted by molar-refractivity contribution is -0.122. The lowest BCUT2D eigenvalue weighted by Crippen LogP contribution is -2.39. The van der Waals surface area contributed by atoms with Gasteiger partial charge < -0.3 is 9.64 Å². The van der Waals surface area contributed by atoms with Gasteiger partial charge in [-0.3, -0.25) is 19.1 Å².